The van der Waals surface area contributed by atoms with Crippen LogP contribution >= 0.6 is 0 Å². The van der Waals surface area contributed by atoms with Crippen LogP contribution in [0.4, 0.5) is 0 Å². The molecule has 0 bridgehead atoms. The second-order valence-corrected chi connectivity index (χ2v) is 7.91. The van der Waals surface area contributed by atoms with Crippen LogP contribution in [-0.4, -0.2) is 29.9 Å². The fourth-order valence-corrected chi connectivity index (χ4v) is 4.18. The van der Waals surface area contributed by atoms with Gasteiger partial charge in [0.05, 0.1) is 11.4 Å². The molecule has 0 saturated heterocycles. The molecule has 0 N–H and O–H groups in total. The number of aromatic nitrogens is 5. The van der Waals surface area contributed by atoms with Crippen molar-refractivity contribution >= 4 is 16.9 Å². The minimum Gasteiger partial charge on any atom is -0.454 e. The molecule has 0 radical (unpaired) electrons. The molecular formula is C23H19N5O4. The lowest BCUT2D eigenvalue weighted by molar-refractivity contribution is 0.174. The first-order chi connectivity index (χ1) is 15.4. The van der Waals surface area contributed by atoms with Crippen molar-refractivity contribution in [3.63, 3.8) is 0 Å². The van der Waals surface area contributed by atoms with Crippen LogP contribution in [0.2, 0.25) is 0 Å². The van der Waals surface area contributed by atoms with E-state index in [1.165, 1.54) is 11.6 Å². The third kappa shape index (κ3) is 2.41. The van der Waals surface area contributed by atoms with Gasteiger partial charge in [0.1, 0.15) is 0 Å². The molecule has 3 aromatic heterocycles. The Morgan fingerprint density at radius 1 is 0.938 bits per heavy atom. The lowest BCUT2D eigenvalue weighted by Crippen LogP contribution is -2.37. The van der Waals surface area contributed by atoms with Gasteiger partial charge in [-0.15, -0.1) is 0 Å². The maximum atomic E-state index is 13.0. The van der Waals surface area contributed by atoms with E-state index in [1.807, 2.05) is 60.2 Å². The van der Waals surface area contributed by atoms with Crippen molar-refractivity contribution in [3.8, 4) is 28.4 Å². The molecule has 6 rings (SSSR count). The molecule has 2 aromatic carbocycles. The molecule has 0 amide bonds. The Hall–Kier alpha value is -4.27. The summed E-state index contributed by atoms with van der Waals surface area (Å²) in [6.45, 7) is 2.21. The van der Waals surface area contributed by atoms with Gasteiger partial charge in [-0.2, -0.15) is 4.98 Å². The highest BCUT2D eigenvalue weighted by Gasteiger charge is 2.23. The second kappa shape index (κ2) is 6.36. The number of ether oxygens (including phenoxy) is 2. The number of nitrogens with zero attached hydrogens (tertiary/aromatic N) is 5. The van der Waals surface area contributed by atoms with Gasteiger partial charge in [-0.25, -0.2) is 4.79 Å². The van der Waals surface area contributed by atoms with E-state index in [0.717, 1.165) is 27.1 Å². The largest absolute Gasteiger partial charge is 0.454 e. The minimum atomic E-state index is -0.420. The van der Waals surface area contributed by atoms with Gasteiger partial charge in [0, 0.05) is 31.9 Å². The zero-order valence-electron chi connectivity index (χ0n) is 17.7. The third-order valence-electron chi connectivity index (χ3n) is 5.93. The van der Waals surface area contributed by atoms with Gasteiger partial charge in [0.15, 0.2) is 22.7 Å². The van der Waals surface area contributed by atoms with E-state index in [2.05, 4.69) is 0 Å². The van der Waals surface area contributed by atoms with Crippen LogP contribution in [0.25, 0.3) is 33.9 Å². The minimum absolute atomic E-state index is 0.177. The van der Waals surface area contributed by atoms with Crippen LogP contribution in [-0.2, 0) is 14.1 Å². The summed E-state index contributed by atoms with van der Waals surface area (Å²) in [6, 6.07) is 13.8. The van der Waals surface area contributed by atoms with Gasteiger partial charge in [-0.3, -0.25) is 22.9 Å². The van der Waals surface area contributed by atoms with Gasteiger partial charge in [0.2, 0.25) is 12.6 Å². The first-order valence-electron chi connectivity index (χ1n) is 10.1. The molecule has 0 aliphatic carbocycles. The maximum Gasteiger partial charge on any atom is 0.332 e. The van der Waals surface area contributed by atoms with Gasteiger partial charge < -0.3 is 9.47 Å². The molecule has 0 unspecified atom stereocenters. The number of rotatable bonds is 2. The molecule has 9 nitrogen and oxygen atoms in total. The lowest BCUT2D eigenvalue weighted by Gasteiger charge is -2.10. The number of benzene rings is 2. The van der Waals surface area contributed by atoms with Gasteiger partial charge >= 0.3 is 5.69 Å². The molecule has 0 fully saturated rings. The summed E-state index contributed by atoms with van der Waals surface area (Å²) in [6.07, 6.45) is 1.88. The van der Waals surface area contributed by atoms with E-state index in [1.54, 1.807) is 11.4 Å². The average Bonchev–Trinajstić information content (AvgIpc) is 3.49. The molecule has 1 aliphatic rings. The first kappa shape index (κ1) is 18.5. The van der Waals surface area contributed by atoms with Crippen LogP contribution in [0.5, 0.6) is 11.5 Å². The van der Waals surface area contributed by atoms with Crippen molar-refractivity contribution in [1.82, 2.24) is 23.1 Å². The quantitative estimate of drug-likeness (QED) is 0.430. The molecule has 0 spiro atoms. The summed E-state index contributed by atoms with van der Waals surface area (Å²) in [5, 5.41) is 0. The van der Waals surface area contributed by atoms with Crippen molar-refractivity contribution in [2.24, 2.45) is 14.1 Å². The fraction of sp³-hybridized carbons (Fsp3) is 0.174. The Morgan fingerprint density at radius 2 is 1.69 bits per heavy atom. The molecule has 5 aromatic rings. The Bertz CT molecular complexity index is 1670. The number of hydrogen-bond donors (Lipinski definition) is 0. The van der Waals surface area contributed by atoms with E-state index in [0.29, 0.717) is 28.4 Å². The summed E-state index contributed by atoms with van der Waals surface area (Å²) in [4.78, 5) is 30.2. The highest BCUT2D eigenvalue weighted by molar-refractivity contribution is 5.79. The molecular weight excluding hydrogens is 410 g/mol. The van der Waals surface area contributed by atoms with Crippen LogP contribution in [0.15, 0.2) is 58.3 Å². The van der Waals surface area contributed by atoms with Crippen molar-refractivity contribution < 1.29 is 9.47 Å². The summed E-state index contributed by atoms with van der Waals surface area (Å²) in [5.74, 6) is 1.84. The molecule has 4 heterocycles. The second-order valence-electron chi connectivity index (χ2n) is 7.91. The molecule has 160 valence electrons. The molecule has 0 saturated carbocycles. The summed E-state index contributed by atoms with van der Waals surface area (Å²) >= 11 is 0. The van der Waals surface area contributed by atoms with Gasteiger partial charge in [-0.05, 0) is 19.1 Å². The Labute approximate surface area is 181 Å². The van der Waals surface area contributed by atoms with Crippen LogP contribution in [0.3, 0.4) is 0 Å². The van der Waals surface area contributed by atoms with E-state index >= 15 is 0 Å². The molecule has 9 heteroatoms. The number of hydrogen-bond acceptors (Lipinski definition) is 5. The fourth-order valence-electron chi connectivity index (χ4n) is 4.18. The van der Waals surface area contributed by atoms with Crippen molar-refractivity contribution in [3.05, 3.63) is 75.1 Å². The third-order valence-corrected chi connectivity index (χ3v) is 5.93. The summed E-state index contributed by atoms with van der Waals surface area (Å²) in [7, 11) is 3.08. The number of aryl methyl sites for hydroxylation is 2. The monoisotopic (exact) mass is 429 g/mol. The highest BCUT2D eigenvalue weighted by Crippen LogP contribution is 2.36. The zero-order chi connectivity index (χ0) is 22.1. The molecule has 1 aliphatic heterocycles. The van der Waals surface area contributed by atoms with Crippen molar-refractivity contribution in [1.29, 1.82) is 0 Å². The Balaban J connectivity index is 1.75. The highest BCUT2D eigenvalue weighted by atomic mass is 16.7. The Morgan fingerprint density at radius 3 is 2.47 bits per heavy atom. The zero-order valence-corrected chi connectivity index (χ0v) is 17.7. The normalized spacial score (nSPS) is 12.8. The molecule has 32 heavy (non-hydrogen) atoms. The SMILES string of the molecule is Cc1ccc(-c2cn3c4c(=O)n(C)c(=O)n(C)c4nc3n2-c2ccc3c(c2)OCO3)cc1. The number of imidazole rings is 2. The van der Waals surface area contributed by atoms with E-state index in [4.69, 9.17) is 14.5 Å². The van der Waals surface area contributed by atoms with Crippen molar-refractivity contribution in [2.75, 3.05) is 6.79 Å². The van der Waals surface area contributed by atoms with Crippen LogP contribution < -0.4 is 20.7 Å². The number of fused-ring (bicyclic) bond motifs is 4. The van der Waals surface area contributed by atoms with E-state index < -0.39 is 11.2 Å². The topological polar surface area (TPSA) is 84.7 Å². The summed E-state index contributed by atoms with van der Waals surface area (Å²) < 4.78 is 17.2. The van der Waals surface area contributed by atoms with E-state index in [-0.39, 0.29) is 6.79 Å². The van der Waals surface area contributed by atoms with E-state index in [9.17, 15) is 9.59 Å². The standard InChI is InChI=1S/C23H19N5O4/c1-13-4-6-14(7-5-13)16-11-27-19-20(25(2)23(30)26(3)21(19)29)24-22(27)28(16)15-8-9-17-18(10-15)32-12-31-17/h4-11H,12H2,1-3H3. The van der Waals surface area contributed by atoms with Crippen LogP contribution in [0, 0.1) is 6.92 Å². The molecule has 0 atom stereocenters. The van der Waals surface area contributed by atoms with Crippen LogP contribution in [0.1, 0.15) is 5.56 Å². The average molecular weight is 429 g/mol. The summed E-state index contributed by atoms with van der Waals surface area (Å²) in [5.41, 5.74) is 3.63. The lowest BCUT2D eigenvalue weighted by atomic mass is 10.1. The Kier molecular flexibility index (Phi) is 3.68. The van der Waals surface area contributed by atoms with Gasteiger partial charge in [0.25, 0.3) is 5.56 Å². The smallest absolute Gasteiger partial charge is 0.332 e. The predicted molar refractivity (Wildman–Crippen MR) is 119 cm³/mol. The first-order valence-corrected chi connectivity index (χ1v) is 10.1. The maximum absolute atomic E-state index is 13.0. The van der Waals surface area contributed by atoms with Crippen molar-refractivity contribution in [2.45, 2.75) is 6.92 Å². The van der Waals surface area contributed by atoms with Gasteiger partial charge in [-0.1, -0.05) is 29.8 Å². The predicted octanol–water partition coefficient (Wildman–Crippen LogP) is 2.38.